The minimum Gasteiger partial charge on any atom is -0.501 e. The van der Waals surface area contributed by atoms with E-state index in [1.807, 2.05) is 6.08 Å². The monoisotopic (exact) mass is 266 g/mol. The van der Waals surface area contributed by atoms with E-state index in [-0.39, 0.29) is 0 Å². The van der Waals surface area contributed by atoms with Gasteiger partial charge in [-0.1, -0.05) is 12.5 Å². The number of hydrogen-bond donors (Lipinski definition) is 1. The van der Waals surface area contributed by atoms with Gasteiger partial charge in [0.05, 0.1) is 20.6 Å². The molecule has 0 saturated carbocycles. The highest BCUT2D eigenvalue weighted by atomic mass is 16.5. The molecule has 0 aromatic heterocycles. The molecular weight excluding hydrogens is 244 g/mol. The molecule has 0 amide bonds. The van der Waals surface area contributed by atoms with Gasteiger partial charge in [-0.3, -0.25) is 4.79 Å². The number of hydrogen-bond acceptors (Lipinski definition) is 3. The number of ether oxygens (including phenoxy) is 2. The number of rotatable bonds is 8. The van der Waals surface area contributed by atoms with E-state index in [4.69, 9.17) is 9.47 Å². The van der Waals surface area contributed by atoms with Crippen molar-refractivity contribution in [2.24, 2.45) is 5.41 Å². The average Bonchev–Trinajstić information content (AvgIpc) is 2.43. The van der Waals surface area contributed by atoms with Gasteiger partial charge in [0.25, 0.3) is 0 Å². The fourth-order valence-corrected chi connectivity index (χ4v) is 2.23. The van der Waals surface area contributed by atoms with Gasteiger partial charge in [0.2, 0.25) is 0 Å². The van der Waals surface area contributed by atoms with Gasteiger partial charge in [-0.15, -0.1) is 6.58 Å². The van der Waals surface area contributed by atoms with Gasteiger partial charge < -0.3 is 14.6 Å². The van der Waals surface area contributed by atoms with E-state index in [0.29, 0.717) is 24.4 Å². The van der Waals surface area contributed by atoms with E-state index in [9.17, 15) is 9.90 Å². The molecule has 19 heavy (non-hydrogen) atoms. The molecule has 0 unspecified atom stereocenters. The second-order valence-electron chi connectivity index (χ2n) is 4.69. The maximum atomic E-state index is 11.6. The largest absolute Gasteiger partial charge is 0.501 e. The Labute approximate surface area is 114 Å². The Hall–Kier alpha value is -1.71. The summed E-state index contributed by atoms with van der Waals surface area (Å²) in [6, 6.07) is 0. The Kier molecular flexibility index (Phi) is 5.67. The van der Waals surface area contributed by atoms with E-state index in [1.54, 1.807) is 26.4 Å². The highest BCUT2D eigenvalue weighted by molar-refractivity contribution is 5.80. The lowest BCUT2D eigenvalue weighted by Gasteiger charge is -2.28. The van der Waals surface area contributed by atoms with E-state index in [2.05, 4.69) is 6.58 Å². The van der Waals surface area contributed by atoms with Crippen LogP contribution >= 0.6 is 0 Å². The zero-order valence-electron chi connectivity index (χ0n) is 11.6. The summed E-state index contributed by atoms with van der Waals surface area (Å²) in [5.41, 5.74) is -1.02. The molecule has 106 valence electrons. The van der Waals surface area contributed by atoms with Crippen molar-refractivity contribution >= 4 is 5.97 Å². The van der Waals surface area contributed by atoms with Crippen molar-refractivity contribution in [2.75, 3.05) is 14.2 Å². The maximum Gasteiger partial charge on any atom is 0.317 e. The third kappa shape index (κ3) is 3.88. The molecule has 0 fully saturated rings. The van der Waals surface area contributed by atoms with Gasteiger partial charge in [-0.2, -0.15) is 0 Å². The van der Waals surface area contributed by atoms with Crippen molar-refractivity contribution in [1.82, 2.24) is 0 Å². The fourth-order valence-electron chi connectivity index (χ4n) is 2.23. The molecule has 1 rings (SSSR count). The van der Waals surface area contributed by atoms with Crippen LogP contribution in [0.1, 0.15) is 32.1 Å². The number of allylic oxidation sites excluding steroid dienone is 1. The first-order chi connectivity index (χ1) is 9.07. The van der Waals surface area contributed by atoms with Crippen LogP contribution in [0.5, 0.6) is 0 Å². The van der Waals surface area contributed by atoms with Gasteiger partial charge in [-0.25, -0.2) is 0 Å². The van der Waals surface area contributed by atoms with Crippen molar-refractivity contribution in [2.45, 2.75) is 32.1 Å². The lowest BCUT2D eigenvalue weighted by Crippen LogP contribution is -2.30. The fraction of sp³-hybridized carbons (Fsp3) is 0.533. The van der Waals surface area contributed by atoms with Gasteiger partial charge in [0, 0.05) is 0 Å². The zero-order chi connectivity index (χ0) is 14.3. The Balaban J connectivity index is 2.91. The summed E-state index contributed by atoms with van der Waals surface area (Å²) in [7, 11) is 3.10. The van der Waals surface area contributed by atoms with Crippen LogP contribution in [0.15, 0.2) is 36.3 Å². The summed E-state index contributed by atoms with van der Waals surface area (Å²) in [6.07, 6.45) is 8.95. The second kappa shape index (κ2) is 7.02. The topological polar surface area (TPSA) is 55.8 Å². The SMILES string of the molecule is C=CCCCCC1(C(=O)O)C=C(OC)CC(OC)=C1. The third-order valence-corrected chi connectivity index (χ3v) is 3.36. The molecule has 0 bridgehead atoms. The molecule has 0 aromatic rings. The number of carbonyl (C=O) groups is 1. The van der Waals surface area contributed by atoms with Crippen molar-refractivity contribution in [1.29, 1.82) is 0 Å². The molecule has 0 saturated heterocycles. The molecule has 1 N–H and O–H groups in total. The van der Waals surface area contributed by atoms with Gasteiger partial charge in [-0.05, 0) is 31.4 Å². The molecule has 0 radical (unpaired) electrons. The highest BCUT2D eigenvalue weighted by Gasteiger charge is 2.38. The highest BCUT2D eigenvalue weighted by Crippen LogP contribution is 2.37. The smallest absolute Gasteiger partial charge is 0.317 e. The molecule has 1 aliphatic carbocycles. The molecular formula is C15H22O4. The number of carboxylic acid groups (broad SMARTS) is 1. The molecule has 1 aliphatic rings. The minimum atomic E-state index is -1.02. The number of unbranched alkanes of at least 4 members (excludes halogenated alkanes) is 2. The molecule has 0 atom stereocenters. The van der Waals surface area contributed by atoms with Crippen LogP contribution in [0.2, 0.25) is 0 Å². The third-order valence-electron chi connectivity index (χ3n) is 3.36. The average molecular weight is 266 g/mol. The van der Waals surface area contributed by atoms with Crippen LogP contribution < -0.4 is 0 Å². The Bertz CT molecular complexity index is 373. The first kappa shape index (κ1) is 15.3. The molecule has 4 nitrogen and oxygen atoms in total. The summed E-state index contributed by atoms with van der Waals surface area (Å²) >= 11 is 0. The first-order valence-corrected chi connectivity index (χ1v) is 6.43. The number of aliphatic carboxylic acids is 1. The summed E-state index contributed by atoms with van der Waals surface area (Å²) in [5.74, 6) is 0.422. The van der Waals surface area contributed by atoms with Crippen molar-refractivity contribution < 1.29 is 19.4 Å². The lowest BCUT2D eigenvalue weighted by atomic mass is 9.78. The van der Waals surface area contributed by atoms with E-state index >= 15 is 0 Å². The predicted molar refractivity (Wildman–Crippen MR) is 73.5 cm³/mol. The Morgan fingerprint density at radius 1 is 1.37 bits per heavy atom. The molecule has 0 aromatic carbocycles. The van der Waals surface area contributed by atoms with E-state index in [0.717, 1.165) is 19.3 Å². The van der Waals surface area contributed by atoms with Gasteiger partial charge in [0.1, 0.15) is 16.9 Å². The quantitative estimate of drug-likeness (QED) is 0.541. The molecule has 0 spiro atoms. The molecule has 0 heterocycles. The predicted octanol–water partition coefficient (Wildman–Crippen LogP) is 3.27. The van der Waals surface area contributed by atoms with Crippen molar-refractivity contribution in [3.63, 3.8) is 0 Å². The standard InChI is InChI=1S/C15H22O4/c1-4-5-6-7-8-15(14(16)17)10-12(18-2)9-13(11-15)19-3/h4,10-11H,1,5-9H2,2-3H3,(H,16,17). The van der Waals surface area contributed by atoms with Gasteiger partial charge >= 0.3 is 5.97 Å². The van der Waals surface area contributed by atoms with Crippen LogP contribution in [0.4, 0.5) is 0 Å². The molecule has 0 aliphatic heterocycles. The minimum absolute atomic E-state index is 0.509. The number of methoxy groups -OCH3 is 2. The Morgan fingerprint density at radius 2 is 1.95 bits per heavy atom. The summed E-state index contributed by atoms with van der Waals surface area (Å²) < 4.78 is 10.4. The number of carboxylic acids is 1. The first-order valence-electron chi connectivity index (χ1n) is 6.43. The summed E-state index contributed by atoms with van der Waals surface area (Å²) in [6.45, 7) is 3.67. The van der Waals surface area contributed by atoms with Crippen LogP contribution in [-0.4, -0.2) is 25.3 Å². The van der Waals surface area contributed by atoms with E-state index < -0.39 is 11.4 Å². The van der Waals surface area contributed by atoms with Crippen molar-refractivity contribution in [3.8, 4) is 0 Å². The van der Waals surface area contributed by atoms with E-state index in [1.165, 1.54) is 0 Å². The zero-order valence-corrected chi connectivity index (χ0v) is 11.6. The summed E-state index contributed by atoms with van der Waals surface area (Å²) in [4.78, 5) is 11.6. The van der Waals surface area contributed by atoms with Gasteiger partial charge in [0.15, 0.2) is 0 Å². The Morgan fingerprint density at radius 3 is 2.37 bits per heavy atom. The van der Waals surface area contributed by atoms with Crippen LogP contribution in [0.3, 0.4) is 0 Å². The van der Waals surface area contributed by atoms with Crippen LogP contribution in [0.25, 0.3) is 0 Å². The lowest BCUT2D eigenvalue weighted by molar-refractivity contribution is -0.144. The normalized spacial score (nSPS) is 17.2. The second-order valence-corrected chi connectivity index (χ2v) is 4.69. The maximum absolute atomic E-state index is 11.6. The van der Waals surface area contributed by atoms with Crippen LogP contribution in [0, 0.1) is 5.41 Å². The van der Waals surface area contributed by atoms with Crippen LogP contribution in [-0.2, 0) is 14.3 Å². The van der Waals surface area contributed by atoms with Crippen molar-refractivity contribution in [3.05, 3.63) is 36.3 Å². The summed E-state index contributed by atoms with van der Waals surface area (Å²) in [5, 5.41) is 9.55. The molecule has 4 heteroatoms.